The van der Waals surface area contributed by atoms with Crippen molar-refractivity contribution in [2.45, 2.75) is 45.2 Å². The monoisotopic (exact) mass is 288 g/mol. The van der Waals surface area contributed by atoms with Crippen molar-refractivity contribution in [2.75, 3.05) is 0 Å². The quantitative estimate of drug-likeness (QED) is 0.903. The highest BCUT2D eigenvalue weighted by Gasteiger charge is 2.35. The highest BCUT2D eigenvalue weighted by molar-refractivity contribution is 5.90. The molecule has 0 atom stereocenters. The van der Waals surface area contributed by atoms with Gasteiger partial charge in [0, 0.05) is 31.4 Å². The molecule has 1 amide bonds. The summed E-state index contributed by atoms with van der Waals surface area (Å²) in [6.07, 6.45) is 5.71. The van der Waals surface area contributed by atoms with Crippen LogP contribution in [-0.2, 0) is 13.6 Å². The van der Waals surface area contributed by atoms with Crippen molar-refractivity contribution in [1.82, 2.24) is 29.6 Å². The van der Waals surface area contributed by atoms with Crippen LogP contribution in [0.25, 0.3) is 0 Å². The molecule has 21 heavy (non-hydrogen) atoms. The molecule has 0 unspecified atom stereocenters. The number of amides is 1. The van der Waals surface area contributed by atoms with Crippen LogP contribution < -0.4 is 0 Å². The number of hydrogen-bond acceptors (Lipinski definition) is 4. The third-order valence-corrected chi connectivity index (χ3v) is 3.72. The lowest BCUT2D eigenvalue weighted by Crippen LogP contribution is -2.34. The summed E-state index contributed by atoms with van der Waals surface area (Å²) >= 11 is 0. The van der Waals surface area contributed by atoms with Gasteiger partial charge in [-0.05, 0) is 12.8 Å². The van der Waals surface area contributed by atoms with Crippen molar-refractivity contribution in [3.8, 4) is 0 Å². The predicted molar refractivity (Wildman–Crippen MR) is 76.6 cm³/mol. The van der Waals surface area contributed by atoms with Crippen LogP contribution in [0, 0.1) is 0 Å². The smallest absolute Gasteiger partial charge is 0.294 e. The molecule has 3 rings (SSSR count). The van der Waals surface area contributed by atoms with Crippen molar-refractivity contribution in [3.05, 3.63) is 29.9 Å². The Balaban J connectivity index is 1.80. The first-order valence-corrected chi connectivity index (χ1v) is 7.25. The number of aryl methyl sites for hydroxylation is 1. The lowest BCUT2D eigenvalue weighted by atomic mass is 10.2. The molecule has 0 saturated heterocycles. The zero-order valence-electron chi connectivity index (χ0n) is 12.6. The Morgan fingerprint density at radius 2 is 2.29 bits per heavy atom. The van der Waals surface area contributed by atoms with Crippen LogP contribution >= 0.6 is 0 Å². The van der Waals surface area contributed by atoms with E-state index >= 15 is 0 Å². The molecule has 0 aliphatic heterocycles. The number of nitrogens with one attached hydrogen (secondary N) is 1. The number of hydrogen-bond donors (Lipinski definition) is 1. The van der Waals surface area contributed by atoms with Crippen LogP contribution in [0.5, 0.6) is 0 Å². The number of H-pyrrole nitrogens is 1. The van der Waals surface area contributed by atoms with E-state index in [0.29, 0.717) is 6.54 Å². The van der Waals surface area contributed by atoms with E-state index in [4.69, 9.17) is 0 Å². The molecule has 1 saturated carbocycles. The fourth-order valence-electron chi connectivity index (χ4n) is 2.21. The number of rotatable bonds is 5. The minimum atomic E-state index is -0.122. The molecule has 1 N–H and O–H groups in total. The second-order valence-electron chi connectivity index (χ2n) is 5.82. The Bertz CT molecular complexity index is 639. The summed E-state index contributed by atoms with van der Waals surface area (Å²) < 4.78 is 1.93. The summed E-state index contributed by atoms with van der Waals surface area (Å²) in [7, 11) is 1.93. The average molecular weight is 288 g/mol. The van der Waals surface area contributed by atoms with Crippen molar-refractivity contribution in [3.63, 3.8) is 0 Å². The first-order chi connectivity index (χ1) is 10.1. The molecule has 0 spiro atoms. The molecule has 0 bridgehead atoms. The molecule has 112 valence electrons. The first-order valence-electron chi connectivity index (χ1n) is 7.25. The maximum atomic E-state index is 12.6. The molecule has 1 fully saturated rings. The first kappa shape index (κ1) is 13.8. The summed E-state index contributed by atoms with van der Waals surface area (Å²) in [5.74, 6) is 1.97. The highest BCUT2D eigenvalue weighted by Crippen LogP contribution is 2.29. The SMILES string of the molecule is CC(C)c1nc(C(=O)N(Cc2nccn2C)C2CC2)n[nH]1. The van der Waals surface area contributed by atoms with Crippen molar-refractivity contribution in [1.29, 1.82) is 0 Å². The molecule has 1 aliphatic rings. The number of carbonyl (C=O) groups is 1. The standard InChI is InChI=1S/C14H20N6O/c1-9(2)12-16-13(18-17-12)14(21)20(10-4-5-10)8-11-15-6-7-19(11)3/h6-7,9-10H,4-5,8H2,1-3H3,(H,16,17,18). The van der Waals surface area contributed by atoms with E-state index in [1.165, 1.54) is 0 Å². The van der Waals surface area contributed by atoms with E-state index in [-0.39, 0.29) is 23.7 Å². The van der Waals surface area contributed by atoms with Gasteiger partial charge in [-0.2, -0.15) is 0 Å². The van der Waals surface area contributed by atoms with E-state index in [9.17, 15) is 4.79 Å². The normalized spacial score (nSPS) is 14.7. The van der Waals surface area contributed by atoms with E-state index in [1.54, 1.807) is 6.20 Å². The second kappa shape index (κ2) is 5.31. The van der Waals surface area contributed by atoms with Gasteiger partial charge in [-0.25, -0.2) is 9.97 Å². The Morgan fingerprint density at radius 3 is 2.81 bits per heavy atom. The molecule has 7 nitrogen and oxygen atoms in total. The lowest BCUT2D eigenvalue weighted by molar-refractivity contribution is 0.0712. The molecule has 2 aromatic rings. The number of aromatic amines is 1. The molecule has 0 radical (unpaired) electrons. The van der Waals surface area contributed by atoms with Crippen molar-refractivity contribution in [2.24, 2.45) is 7.05 Å². The van der Waals surface area contributed by atoms with Gasteiger partial charge in [0.1, 0.15) is 11.6 Å². The molecule has 7 heteroatoms. The number of nitrogens with zero attached hydrogens (tertiary/aromatic N) is 5. The molecule has 0 aromatic carbocycles. The number of carbonyl (C=O) groups excluding carboxylic acids is 1. The van der Waals surface area contributed by atoms with Gasteiger partial charge in [0.25, 0.3) is 5.91 Å². The van der Waals surface area contributed by atoms with Gasteiger partial charge in [0.2, 0.25) is 5.82 Å². The summed E-state index contributed by atoms with van der Waals surface area (Å²) in [4.78, 5) is 23.1. The van der Waals surface area contributed by atoms with Crippen LogP contribution in [0.4, 0.5) is 0 Å². The zero-order chi connectivity index (χ0) is 15.0. The fraction of sp³-hybridized carbons (Fsp3) is 0.571. The minimum Gasteiger partial charge on any atom is -0.337 e. The minimum absolute atomic E-state index is 0.122. The van der Waals surface area contributed by atoms with E-state index < -0.39 is 0 Å². The summed E-state index contributed by atoms with van der Waals surface area (Å²) in [6.45, 7) is 4.53. The van der Waals surface area contributed by atoms with E-state index in [2.05, 4.69) is 20.2 Å². The maximum absolute atomic E-state index is 12.6. The van der Waals surface area contributed by atoms with Crippen LogP contribution in [0.2, 0.25) is 0 Å². The number of aromatic nitrogens is 5. The van der Waals surface area contributed by atoms with Crippen LogP contribution in [0.3, 0.4) is 0 Å². The van der Waals surface area contributed by atoms with Crippen molar-refractivity contribution >= 4 is 5.91 Å². The fourth-order valence-corrected chi connectivity index (χ4v) is 2.21. The van der Waals surface area contributed by atoms with Crippen LogP contribution in [0.1, 0.15) is 54.9 Å². The summed E-state index contributed by atoms with van der Waals surface area (Å²) in [6, 6.07) is 0.287. The maximum Gasteiger partial charge on any atom is 0.294 e. The van der Waals surface area contributed by atoms with Crippen LogP contribution in [-0.4, -0.2) is 41.6 Å². The second-order valence-corrected chi connectivity index (χ2v) is 5.82. The number of imidazole rings is 1. The van der Waals surface area contributed by atoms with Gasteiger partial charge in [-0.15, -0.1) is 5.10 Å². The highest BCUT2D eigenvalue weighted by atomic mass is 16.2. The summed E-state index contributed by atoms with van der Waals surface area (Å²) in [5.41, 5.74) is 0. The molecular weight excluding hydrogens is 268 g/mol. The summed E-state index contributed by atoms with van der Waals surface area (Å²) in [5, 5.41) is 6.91. The van der Waals surface area contributed by atoms with Gasteiger partial charge in [-0.1, -0.05) is 13.8 Å². The topological polar surface area (TPSA) is 79.7 Å². The van der Waals surface area contributed by atoms with Gasteiger partial charge in [0.05, 0.1) is 6.54 Å². The Labute approximate surface area is 123 Å². The largest absolute Gasteiger partial charge is 0.337 e. The van der Waals surface area contributed by atoms with Crippen LogP contribution in [0.15, 0.2) is 12.4 Å². The van der Waals surface area contributed by atoms with Gasteiger partial charge in [-0.3, -0.25) is 9.89 Å². The molecule has 1 aliphatic carbocycles. The Hall–Kier alpha value is -2.18. The molecular formula is C14H20N6O. The third-order valence-electron chi connectivity index (χ3n) is 3.72. The van der Waals surface area contributed by atoms with Crippen molar-refractivity contribution < 1.29 is 4.79 Å². The average Bonchev–Trinajstić information content (AvgIpc) is 3.01. The molecule has 2 aromatic heterocycles. The van der Waals surface area contributed by atoms with E-state index in [1.807, 2.05) is 36.6 Å². The van der Waals surface area contributed by atoms with E-state index in [0.717, 1.165) is 24.5 Å². The predicted octanol–water partition coefficient (Wildman–Crippen LogP) is 1.47. The van der Waals surface area contributed by atoms with Gasteiger partial charge in [0.15, 0.2) is 0 Å². The lowest BCUT2D eigenvalue weighted by Gasteiger charge is -2.20. The Morgan fingerprint density at radius 1 is 1.52 bits per heavy atom. The van der Waals surface area contributed by atoms with Gasteiger partial charge >= 0.3 is 0 Å². The van der Waals surface area contributed by atoms with Gasteiger partial charge < -0.3 is 9.47 Å². The Kier molecular flexibility index (Phi) is 3.48. The molecule has 2 heterocycles. The zero-order valence-corrected chi connectivity index (χ0v) is 12.6. The third kappa shape index (κ3) is 2.81.